The second kappa shape index (κ2) is 7.90. The van der Waals surface area contributed by atoms with Gasteiger partial charge in [0.1, 0.15) is 5.75 Å². The molecule has 1 amide bonds. The van der Waals surface area contributed by atoms with Crippen LogP contribution in [0.15, 0.2) is 24.3 Å². The zero-order chi connectivity index (χ0) is 15.0. The first kappa shape index (κ1) is 16.5. The molecule has 4 heteroatoms. The smallest absolute Gasteiger partial charge is 0.226 e. The van der Waals surface area contributed by atoms with Crippen LogP contribution in [0.3, 0.4) is 0 Å². The van der Waals surface area contributed by atoms with Crippen LogP contribution in [0.25, 0.3) is 0 Å². The highest BCUT2D eigenvalue weighted by molar-refractivity contribution is 5.82. The Morgan fingerprint density at radius 1 is 1.25 bits per heavy atom. The molecule has 2 N–H and O–H groups in total. The molecule has 0 spiro atoms. The second-order valence-corrected chi connectivity index (χ2v) is 5.48. The number of carbonyl (C=O) groups is 1. The molecule has 20 heavy (non-hydrogen) atoms. The van der Waals surface area contributed by atoms with Crippen LogP contribution in [0.4, 0.5) is 0 Å². The number of para-hydroxylation sites is 1. The van der Waals surface area contributed by atoms with Gasteiger partial charge in [-0.25, -0.2) is 0 Å². The van der Waals surface area contributed by atoms with E-state index in [9.17, 15) is 4.79 Å². The maximum atomic E-state index is 12.3. The van der Waals surface area contributed by atoms with Gasteiger partial charge in [-0.05, 0) is 24.6 Å². The van der Waals surface area contributed by atoms with Crippen LogP contribution in [-0.2, 0) is 11.2 Å². The van der Waals surface area contributed by atoms with Crippen molar-refractivity contribution in [1.29, 1.82) is 0 Å². The fourth-order valence-corrected chi connectivity index (χ4v) is 2.09. The van der Waals surface area contributed by atoms with Crippen molar-refractivity contribution in [3.8, 4) is 5.75 Å². The van der Waals surface area contributed by atoms with E-state index < -0.39 is 5.41 Å². The molecule has 0 fully saturated rings. The van der Waals surface area contributed by atoms with Crippen LogP contribution >= 0.6 is 0 Å². The number of hydrogen-bond donors (Lipinski definition) is 2. The van der Waals surface area contributed by atoms with Crippen molar-refractivity contribution >= 4 is 5.91 Å². The van der Waals surface area contributed by atoms with Gasteiger partial charge in [0.15, 0.2) is 0 Å². The molecule has 0 saturated carbocycles. The largest absolute Gasteiger partial charge is 0.496 e. The van der Waals surface area contributed by atoms with Gasteiger partial charge in [0.25, 0.3) is 0 Å². The van der Waals surface area contributed by atoms with E-state index in [0.717, 1.165) is 24.4 Å². The lowest BCUT2D eigenvalue weighted by molar-refractivity contribution is -0.129. The minimum absolute atomic E-state index is 0.0707. The SMILES string of the molecule is CCNCCNC(=O)C(C)(C)Cc1ccccc1OC. The molecule has 0 bridgehead atoms. The van der Waals surface area contributed by atoms with Gasteiger partial charge in [0.05, 0.1) is 7.11 Å². The fourth-order valence-electron chi connectivity index (χ4n) is 2.09. The molecule has 1 aromatic rings. The summed E-state index contributed by atoms with van der Waals surface area (Å²) >= 11 is 0. The third-order valence-electron chi connectivity index (χ3n) is 3.28. The molecule has 0 unspecified atom stereocenters. The van der Waals surface area contributed by atoms with E-state index in [4.69, 9.17) is 4.74 Å². The maximum absolute atomic E-state index is 12.3. The Hall–Kier alpha value is -1.55. The summed E-state index contributed by atoms with van der Waals surface area (Å²) in [5.41, 5.74) is 0.600. The summed E-state index contributed by atoms with van der Waals surface area (Å²) in [7, 11) is 1.66. The van der Waals surface area contributed by atoms with Gasteiger partial charge in [0.2, 0.25) is 5.91 Å². The van der Waals surface area contributed by atoms with E-state index in [0.29, 0.717) is 13.0 Å². The number of rotatable bonds is 8. The minimum atomic E-state index is -0.457. The van der Waals surface area contributed by atoms with Crippen LogP contribution in [0, 0.1) is 5.41 Å². The minimum Gasteiger partial charge on any atom is -0.496 e. The summed E-state index contributed by atoms with van der Waals surface area (Å²) in [6, 6.07) is 7.84. The molecule has 0 aliphatic carbocycles. The summed E-state index contributed by atoms with van der Waals surface area (Å²) in [5.74, 6) is 0.905. The van der Waals surface area contributed by atoms with Crippen LogP contribution in [-0.4, -0.2) is 32.7 Å². The first-order valence-corrected chi connectivity index (χ1v) is 7.12. The average Bonchev–Trinajstić information content (AvgIpc) is 2.43. The Morgan fingerprint density at radius 2 is 1.95 bits per heavy atom. The molecular formula is C16H26N2O2. The normalized spacial score (nSPS) is 11.2. The van der Waals surface area contributed by atoms with E-state index in [1.807, 2.05) is 45.0 Å². The number of nitrogens with one attached hydrogen (secondary N) is 2. The molecule has 4 nitrogen and oxygen atoms in total. The summed E-state index contributed by atoms with van der Waals surface area (Å²) < 4.78 is 5.34. The molecule has 0 aliphatic rings. The first-order chi connectivity index (χ1) is 9.51. The van der Waals surface area contributed by atoms with Gasteiger partial charge in [-0.1, -0.05) is 39.0 Å². The molecule has 0 aromatic heterocycles. The molecular weight excluding hydrogens is 252 g/mol. The maximum Gasteiger partial charge on any atom is 0.226 e. The molecule has 0 heterocycles. The summed E-state index contributed by atoms with van der Waals surface area (Å²) in [4.78, 5) is 12.3. The first-order valence-electron chi connectivity index (χ1n) is 7.12. The van der Waals surface area contributed by atoms with E-state index in [-0.39, 0.29) is 5.91 Å². The van der Waals surface area contributed by atoms with Crippen LogP contribution in [0.5, 0.6) is 5.75 Å². The monoisotopic (exact) mass is 278 g/mol. The predicted octanol–water partition coefficient (Wildman–Crippen LogP) is 1.99. The van der Waals surface area contributed by atoms with Crippen molar-refractivity contribution in [3.63, 3.8) is 0 Å². The number of hydrogen-bond acceptors (Lipinski definition) is 3. The second-order valence-electron chi connectivity index (χ2n) is 5.48. The zero-order valence-corrected chi connectivity index (χ0v) is 13.0. The molecule has 0 saturated heterocycles. The van der Waals surface area contributed by atoms with Crippen LogP contribution in [0.1, 0.15) is 26.3 Å². The van der Waals surface area contributed by atoms with Crippen molar-refractivity contribution in [1.82, 2.24) is 10.6 Å². The average molecular weight is 278 g/mol. The van der Waals surface area contributed by atoms with E-state index in [1.165, 1.54) is 0 Å². The molecule has 1 aromatic carbocycles. The summed E-state index contributed by atoms with van der Waals surface area (Å²) in [6.07, 6.45) is 0.657. The number of likely N-dealkylation sites (N-methyl/N-ethyl adjacent to an activating group) is 1. The van der Waals surface area contributed by atoms with Crippen molar-refractivity contribution in [3.05, 3.63) is 29.8 Å². The van der Waals surface area contributed by atoms with Crippen molar-refractivity contribution < 1.29 is 9.53 Å². The standard InChI is InChI=1S/C16H26N2O2/c1-5-17-10-11-18-15(19)16(2,3)12-13-8-6-7-9-14(13)20-4/h6-9,17H,5,10-12H2,1-4H3,(H,18,19). The number of methoxy groups -OCH3 is 1. The van der Waals surface area contributed by atoms with Crippen molar-refractivity contribution in [2.45, 2.75) is 27.2 Å². The van der Waals surface area contributed by atoms with Crippen LogP contribution in [0.2, 0.25) is 0 Å². The highest BCUT2D eigenvalue weighted by Gasteiger charge is 2.28. The van der Waals surface area contributed by atoms with Crippen LogP contribution < -0.4 is 15.4 Å². The number of amides is 1. The fraction of sp³-hybridized carbons (Fsp3) is 0.562. The van der Waals surface area contributed by atoms with Crippen molar-refractivity contribution in [2.24, 2.45) is 5.41 Å². The third-order valence-corrected chi connectivity index (χ3v) is 3.28. The number of ether oxygens (including phenoxy) is 1. The van der Waals surface area contributed by atoms with Gasteiger partial charge in [-0.3, -0.25) is 4.79 Å². The summed E-state index contributed by atoms with van der Waals surface area (Å²) in [5, 5.41) is 6.16. The van der Waals surface area contributed by atoms with Crippen molar-refractivity contribution in [2.75, 3.05) is 26.7 Å². The molecule has 1 rings (SSSR count). The lowest BCUT2D eigenvalue weighted by Crippen LogP contribution is -2.41. The topological polar surface area (TPSA) is 50.4 Å². The van der Waals surface area contributed by atoms with E-state index in [1.54, 1.807) is 7.11 Å². The van der Waals surface area contributed by atoms with E-state index >= 15 is 0 Å². The van der Waals surface area contributed by atoms with Gasteiger partial charge in [0, 0.05) is 18.5 Å². The Labute approximate surface area is 121 Å². The lowest BCUT2D eigenvalue weighted by Gasteiger charge is -2.24. The molecule has 0 radical (unpaired) electrons. The van der Waals surface area contributed by atoms with Gasteiger partial charge < -0.3 is 15.4 Å². The number of benzene rings is 1. The highest BCUT2D eigenvalue weighted by Crippen LogP contribution is 2.27. The van der Waals surface area contributed by atoms with Gasteiger partial charge in [-0.2, -0.15) is 0 Å². The molecule has 0 aliphatic heterocycles. The summed E-state index contributed by atoms with van der Waals surface area (Å²) in [6.45, 7) is 8.34. The Bertz CT molecular complexity index is 430. The Morgan fingerprint density at radius 3 is 2.60 bits per heavy atom. The predicted molar refractivity (Wildman–Crippen MR) is 82.0 cm³/mol. The van der Waals surface area contributed by atoms with Gasteiger partial charge >= 0.3 is 0 Å². The molecule has 112 valence electrons. The van der Waals surface area contributed by atoms with Gasteiger partial charge in [-0.15, -0.1) is 0 Å². The quantitative estimate of drug-likeness (QED) is 0.715. The Balaban J connectivity index is 2.61. The third kappa shape index (κ3) is 4.85. The number of carbonyl (C=O) groups excluding carboxylic acids is 1. The highest BCUT2D eigenvalue weighted by atomic mass is 16.5. The lowest BCUT2D eigenvalue weighted by atomic mass is 9.84. The zero-order valence-electron chi connectivity index (χ0n) is 13.0. The Kier molecular flexibility index (Phi) is 6.52. The molecule has 0 atom stereocenters. The van der Waals surface area contributed by atoms with E-state index in [2.05, 4.69) is 10.6 Å².